The Labute approximate surface area is 131 Å². The van der Waals surface area contributed by atoms with Crippen LogP contribution < -0.4 is 5.32 Å². The third-order valence-electron chi connectivity index (χ3n) is 3.44. The van der Waals surface area contributed by atoms with Crippen molar-refractivity contribution >= 4 is 47.3 Å². The van der Waals surface area contributed by atoms with E-state index in [9.17, 15) is 13.2 Å². The summed E-state index contributed by atoms with van der Waals surface area (Å²) in [6.45, 7) is 0. The van der Waals surface area contributed by atoms with Crippen molar-refractivity contribution < 1.29 is 13.2 Å². The molecular formula is C13H15BrClNO3S. The Morgan fingerprint density at radius 2 is 1.90 bits per heavy atom. The van der Waals surface area contributed by atoms with Gasteiger partial charge in [-0.05, 0) is 47.0 Å². The summed E-state index contributed by atoms with van der Waals surface area (Å²) in [6, 6.07) is 4.47. The zero-order valence-electron chi connectivity index (χ0n) is 10.7. The van der Waals surface area contributed by atoms with E-state index in [0.29, 0.717) is 10.2 Å². The van der Waals surface area contributed by atoms with Crippen molar-refractivity contribution in [3.63, 3.8) is 0 Å². The number of amides is 1. The van der Waals surface area contributed by atoms with Crippen molar-refractivity contribution in [2.24, 2.45) is 5.92 Å². The van der Waals surface area contributed by atoms with Crippen LogP contribution in [0.25, 0.3) is 0 Å². The Bertz CT molecular complexity index is 612. The molecule has 0 unspecified atom stereocenters. The van der Waals surface area contributed by atoms with E-state index in [1.165, 1.54) is 12.5 Å². The number of halogens is 2. The van der Waals surface area contributed by atoms with Crippen molar-refractivity contribution in [2.75, 3.05) is 5.32 Å². The van der Waals surface area contributed by atoms with Gasteiger partial charge in [0.05, 0.1) is 4.90 Å². The lowest BCUT2D eigenvalue weighted by Gasteiger charge is -2.20. The molecule has 1 aliphatic carbocycles. The SMILES string of the molecule is O=C(Nc1ccc(S(=O)(=O)Cl)c(Br)c1)C1CCCCC1. The number of carbonyl (C=O) groups is 1. The van der Waals surface area contributed by atoms with E-state index in [0.717, 1.165) is 25.7 Å². The summed E-state index contributed by atoms with van der Waals surface area (Å²) in [4.78, 5) is 12.1. The second kappa shape index (κ2) is 6.45. The normalized spacial score (nSPS) is 16.9. The average Bonchev–Trinajstić information content (AvgIpc) is 2.38. The first kappa shape index (κ1) is 15.8. The molecule has 20 heavy (non-hydrogen) atoms. The Morgan fingerprint density at radius 3 is 2.45 bits per heavy atom. The van der Waals surface area contributed by atoms with Gasteiger partial charge in [-0.3, -0.25) is 4.79 Å². The van der Waals surface area contributed by atoms with Crippen LogP contribution in [0, 0.1) is 5.92 Å². The van der Waals surface area contributed by atoms with Crippen LogP contribution in [0.4, 0.5) is 5.69 Å². The lowest BCUT2D eigenvalue weighted by atomic mass is 9.88. The Hall–Kier alpha value is -0.590. The number of anilines is 1. The molecule has 1 amide bonds. The summed E-state index contributed by atoms with van der Waals surface area (Å²) in [5.41, 5.74) is 0.566. The number of hydrogen-bond donors (Lipinski definition) is 1. The molecule has 1 saturated carbocycles. The highest BCUT2D eigenvalue weighted by Crippen LogP contribution is 2.29. The van der Waals surface area contributed by atoms with Gasteiger partial charge in [0, 0.05) is 26.8 Å². The monoisotopic (exact) mass is 379 g/mol. The fourth-order valence-electron chi connectivity index (χ4n) is 2.39. The van der Waals surface area contributed by atoms with E-state index in [4.69, 9.17) is 10.7 Å². The average molecular weight is 381 g/mol. The van der Waals surface area contributed by atoms with E-state index in [2.05, 4.69) is 21.2 Å². The Kier molecular flexibility index (Phi) is 5.09. The first-order valence-corrected chi connectivity index (χ1v) is 9.53. The second-order valence-corrected chi connectivity index (χ2v) is 8.30. The summed E-state index contributed by atoms with van der Waals surface area (Å²) >= 11 is 3.15. The molecule has 1 aromatic carbocycles. The molecule has 0 aliphatic heterocycles. The third-order valence-corrected chi connectivity index (χ3v) is 5.74. The predicted octanol–water partition coefficient (Wildman–Crippen LogP) is 3.90. The summed E-state index contributed by atoms with van der Waals surface area (Å²) in [5.74, 6) is 0.0528. The van der Waals surface area contributed by atoms with Crippen LogP contribution in [0.15, 0.2) is 27.6 Å². The number of rotatable bonds is 3. The topological polar surface area (TPSA) is 63.2 Å². The van der Waals surface area contributed by atoms with Gasteiger partial charge in [0.1, 0.15) is 0 Å². The van der Waals surface area contributed by atoms with Crippen molar-refractivity contribution in [2.45, 2.75) is 37.0 Å². The van der Waals surface area contributed by atoms with Gasteiger partial charge in [0.25, 0.3) is 9.05 Å². The largest absolute Gasteiger partial charge is 0.326 e. The van der Waals surface area contributed by atoms with E-state index in [1.54, 1.807) is 12.1 Å². The Morgan fingerprint density at radius 1 is 1.25 bits per heavy atom. The summed E-state index contributed by atoms with van der Waals surface area (Å²) < 4.78 is 22.9. The van der Waals surface area contributed by atoms with E-state index in [1.807, 2.05) is 0 Å². The first-order chi connectivity index (χ1) is 9.38. The lowest BCUT2D eigenvalue weighted by Crippen LogP contribution is -2.24. The minimum Gasteiger partial charge on any atom is -0.326 e. The molecule has 0 bridgehead atoms. The van der Waals surface area contributed by atoms with Gasteiger partial charge in [-0.1, -0.05) is 19.3 Å². The molecule has 0 spiro atoms. The lowest BCUT2D eigenvalue weighted by molar-refractivity contribution is -0.120. The summed E-state index contributed by atoms with van der Waals surface area (Å²) in [5, 5.41) is 2.82. The van der Waals surface area contributed by atoms with Gasteiger partial charge in [-0.2, -0.15) is 0 Å². The van der Waals surface area contributed by atoms with E-state index >= 15 is 0 Å². The number of hydrogen-bond acceptors (Lipinski definition) is 3. The van der Waals surface area contributed by atoms with Crippen molar-refractivity contribution in [1.82, 2.24) is 0 Å². The minimum absolute atomic E-state index is 0.00178. The van der Waals surface area contributed by atoms with E-state index in [-0.39, 0.29) is 16.7 Å². The third kappa shape index (κ3) is 3.96. The van der Waals surface area contributed by atoms with Gasteiger partial charge in [0.2, 0.25) is 5.91 Å². The molecule has 1 N–H and O–H groups in total. The standard InChI is InChI=1S/C13H15BrClNO3S/c14-11-8-10(6-7-12(11)20(15,18)19)16-13(17)9-4-2-1-3-5-9/h6-9H,1-5H2,(H,16,17). The van der Waals surface area contributed by atoms with Gasteiger partial charge < -0.3 is 5.32 Å². The smallest absolute Gasteiger partial charge is 0.262 e. The van der Waals surface area contributed by atoms with Crippen LogP contribution >= 0.6 is 26.6 Å². The maximum absolute atomic E-state index is 12.1. The Balaban J connectivity index is 2.10. The molecule has 0 heterocycles. The molecule has 7 heteroatoms. The van der Waals surface area contributed by atoms with Crippen LogP contribution in [-0.2, 0) is 13.8 Å². The summed E-state index contributed by atoms with van der Waals surface area (Å²) in [7, 11) is 1.51. The molecule has 0 atom stereocenters. The van der Waals surface area contributed by atoms with Gasteiger partial charge >= 0.3 is 0 Å². The molecule has 110 valence electrons. The molecule has 0 aromatic heterocycles. The van der Waals surface area contributed by atoms with Gasteiger partial charge in [-0.25, -0.2) is 8.42 Å². The molecule has 4 nitrogen and oxygen atoms in total. The molecule has 0 saturated heterocycles. The quantitative estimate of drug-likeness (QED) is 0.809. The highest BCUT2D eigenvalue weighted by atomic mass is 79.9. The fourth-order valence-corrected chi connectivity index (χ4v) is 4.61. The number of nitrogens with one attached hydrogen (secondary N) is 1. The summed E-state index contributed by atoms with van der Waals surface area (Å²) in [6.07, 6.45) is 5.20. The van der Waals surface area contributed by atoms with Crippen LogP contribution in [-0.4, -0.2) is 14.3 Å². The highest BCUT2D eigenvalue weighted by molar-refractivity contribution is 9.10. The predicted molar refractivity (Wildman–Crippen MR) is 82.4 cm³/mol. The van der Waals surface area contributed by atoms with Gasteiger partial charge in [-0.15, -0.1) is 0 Å². The van der Waals surface area contributed by atoms with Crippen LogP contribution in [0.2, 0.25) is 0 Å². The van der Waals surface area contributed by atoms with Crippen LogP contribution in [0.1, 0.15) is 32.1 Å². The number of carbonyl (C=O) groups excluding carboxylic acids is 1. The highest BCUT2D eigenvalue weighted by Gasteiger charge is 2.21. The second-order valence-electron chi connectivity index (χ2n) is 4.91. The van der Waals surface area contributed by atoms with E-state index < -0.39 is 9.05 Å². The first-order valence-electron chi connectivity index (χ1n) is 6.43. The van der Waals surface area contributed by atoms with Crippen LogP contribution in [0.3, 0.4) is 0 Å². The van der Waals surface area contributed by atoms with Crippen LogP contribution in [0.5, 0.6) is 0 Å². The molecule has 0 radical (unpaired) electrons. The molecule has 1 aliphatic rings. The molecule has 1 fully saturated rings. The maximum atomic E-state index is 12.1. The van der Waals surface area contributed by atoms with Crippen molar-refractivity contribution in [3.05, 3.63) is 22.7 Å². The number of benzene rings is 1. The van der Waals surface area contributed by atoms with Gasteiger partial charge in [0.15, 0.2) is 0 Å². The molecule has 1 aromatic rings. The zero-order chi connectivity index (χ0) is 14.8. The van der Waals surface area contributed by atoms with Crippen molar-refractivity contribution in [3.8, 4) is 0 Å². The zero-order valence-corrected chi connectivity index (χ0v) is 13.9. The molecule has 2 rings (SSSR count). The van der Waals surface area contributed by atoms with Crippen molar-refractivity contribution in [1.29, 1.82) is 0 Å². The minimum atomic E-state index is -3.79. The molecular weight excluding hydrogens is 366 g/mol. The fraction of sp³-hybridized carbons (Fsp3) is 0.462. The maximum Gasteiger partial charge on any atom is 0.262 e.